The van der Waals surface area contributed by atoms with Crippen molar-refractivity contribution in [2.75, 3.05) is 26.9 Å². The molecule has 2 aromatic carbocycles. The van der Waals surface area contributed by atoms with E-state index in [0.717, 1.165) is 25.4 Å². The summed E-state index contributed by atoms with van der Waals surface area (Å²) in [6.45, 7) is 0.160. The molecule has 50 heavy (non-hydrogen) atoms. The minimum absolute atomic E-state index is 0.0356. The molecule has 4 atom stereocenters. The largest absolute Gasteiger partial charge is 0.464 e. The summed E-state index contributed by atoms with van der Waals surface area (Å²) in [7, 11) is 1.08. The van der Waals surface area contributed by atoms with E-state index in [9.17, 15) is 36.3 Å². The van der Waals surface area contributed by atoms with Gasteiger partial charge < -0.3 is 24.8 Å². The van der Waals surface area contributed by atoms with Gasteiger partial charge in [-0.15, -0.1) is 0 Å². The molecule has 16 heteroatoms. The van der Waals surface area contributed by atoms with Crippen molar-refractivity contribution >= 4 is 29.4 Å². The highest BCUT2D eigenvalue weighted by atomic mass is 35.5. The van der Waals surface area contributed by atoms with Crippen LogP contribution in [0.1, 0.15) is 47.4 Å². The van der Waals surface area contributed by atoms with Crippen LogP contribution in [0.4, 0.5) is 31.1 Å². The molecule has 1 aliphatic heterocycles. The van der Waals surface area contributed by atoms with Crippen LogP contribution < -0.4 is 10.6 Å². The number of carbonyl (C=O) groups excluding carboxylic acids is 3. The van der Waals surface area contributed by atoms with Gasteiger partial charge >= 0.3 is 18.2 Å². The highest BCUT2D eigenvalue weighted by Crippen LogP contribution is 2.32. The van der Waals surface area contributed by atoms with Crippen molar-refractivity contribution in [1.82, 2.24) is 15.6 Å². The zero-order chi connectivity index (χ0) is 36.4. The number of carbonyl (C=O) groups is 3. The fraction of sp³-hybridized carbons (Fsp3) is 0.412. The summed E-state index contributed by atoms with van der Waals surface area (Å²) in [5.74, 6) is -5.25. The average molecular weight is 730 g/mol. The van der Waals surface area contributed by atoms with Gasteiger partial charge in [-0.1, -0.05) is 23.7 Å². The number of alkyl halides is 3. The van der Waals surface area contributed by atoms with Crippen molar-refractivity contribution in [3.05, 3.63) is 99.6 Å². The van der Waals surface area contributed by atoms with E-state index in [1.54, 1.807) is 12.1 Å². The van der Waals surface area contributed by atoms with E-state index >= 15 is 4.39 Å². The first-order valence-electron chi connectivity index (χ1n) is 15.5. The number of aromatic nitrogens is 1. The normalized spacial score (nSPS) is 17.4. The van der Waals surface area contributed by atoms with Crippen molar-refractivity contribution in [2.45, 2.75) is 62.4 Å². The number of amides is 1. The highest BCUT2D eigenvalue weighted by Gasteiger charge is 2.34. The Morgan fingerprint density at radius 3 is 2.38 bits per heavy atom. The van der Waals surface area contributed by atoms with Gasteiger partial charge in [0, 0.05) is 36.2 Å². The van der Waals surface area contributed by atoms with Crippen molar-refractivity contribution in [3.63, 3.8) is 0 Å². The third kappa shape index (κ3) is 11.4. The van der Waals surface area contributed by atoms with Gasteiger partial charge in [0.1, 0.15) is 30.1 Å². The Morgan fingerprint density at radius 1 is 1.06 bits per heavy atom. The average Bonchev–Trinajstić information content (AvgIpc) is 3.06. The van der Waals surface area contributed by atoms with Crippen molar-refractivity contribution in [1.29, 1.82) is 0 Å². The predicted molar refractivity (Wildman–Crippen MR) is 168 cm³/mol. The number of hydrogen-bond acceptors (Lipinski definition) is 8. The van der Waals surface area contributed by atoms with Crippen LogP contribution in [0, 0.1) is 17.5 Å². The maximum atomic E-state index is 15.2. The monoisotopic (exact) mass is 729 g/mol. The zero-order valence-corrected chi connectivity index (χ0v) is 27.5. The van der Waals surface area contributed by atoms with Gasteiger partial charge in [-0.2, -0.15) is 13.2 Å². The van der Waals surface area contributed by atoms with Gasteiger partial charge in [0.15, 0.2) is 5.78 Å². The fourth-order valence-corrected chi connectivity index (χ4v) is 5.67. The molecule has 0 saturated carbocycles. The lowest BCUT2D eigenvalue weighted by Crippen LogP contribution is -2.49. The van der Waals surface area contributed by atoms with E-state index in [0.29, 0.717) is 16.7 Å². The van der Waals surface area contributed by atoms with Gasteiger partial charge in [0.25, 0.3) is 0 Å². The molecule has 2 N–H and O–H groups in total. The first-order chi connectivity index (χ1) is 23.7. The fourth-order valence-electron chi connectivity index (χ4n) is 5.55. The molecule has 0 spiro atoms. The number of morpholine rings is 1. The maximum absolute atomic E-state index is 15.2. The lowest BCUT2D eigenvalue weighted by atomic mass is 9.81. The molecule has 2 heterocycles. The van der Waals surface area contributed by atoms with Crippen molar-refractivity contribution in [2.24, 2.45) is 0 Å². The summed E-state index contributed by atoms with van der Waals surface area (Å²) in [4.78, 5) is 42.0. The summed E-state index contributed by atoms with van der Waals surface area (Å²) in [5.41, 5.74) is 0.797. The summed E-state index contributed by atoms with van der Waals surface area (Å²) >= 11 is 6.06. The van der Waals surface area contributed by atoms with Gasteiger partial charge in [-0.05, 0) is 59.4 Å². The predicted octanol–water partition coefficient (Wildman–Crippen LogP) is 6.00. The number of nitrogens with zero attached hydrogens (tertiary/aromatic N) is 1. The molecule has 1 amide bonds. The van der Waals surface area contributed by atoms with E-state index in [-0.39, 0.29) is 49.3 Å². The summed E-state index contributed by atoms with van der Waals surface area (Å²) < 4.78 is 96.4. The Balaban J connectivity index is 1.47. The van der Waals surface area contributed by atoms with Crippen LogP contribution in [0.25, 0.3) is 0 Å². The molecule has 3 aromatic rings. The maximum Gasteiger partial charge on any atom is 0.407 e. The second kappa shape index (κ2) is 17.6. The number of pyridine rings is 1. The minimum atomic E-state index is -4.47. The van der Waals surface area contributed by atoms with E-state index < -0.39 is 84.8 Å². The number of esters is 1. The van der Waals surface area contributed by atoms with E-state index in [4.69, 9.17) is 25.8 Å². The number of rotatable bonds is 14. The van der Waals surface area contributed by atoms with E-state index in [1.807, 2.05) is 0 Å². The Kier molecular flexibility index (Phi) is 13.6. The quantitative estimate of drug-likeness (QED) is 0.154. The van der Waals surface area contributed by atoms with Crippen LogP contribution in [0.5, 0.6) is 0 Å². The van der Waals surface area contributed by atoms with Crippen molar-refractivity contribution in [3.8, 4) is 0 Å². The van der Waals surface area contributed by atoms with Crippen molar-refractivity contribution < 1.29 is 54.9 Å². The van der Waals surface area contributed by atoms with Gasteiger partial charge in [-0.3, -0.25) is 14.6 Å². The second-order valence-electron chi connectivity index (χ2n) is 11.6. The van der Waals surface area contributed by atoms with Gasteiger partial charge in [0.05, 0.1) is 44.9 Å². The number of alkyl carbamates (subject to hydrolysis) is 1. The molecule has 0 unspecified atom stereocenters. The molecule has 1 fully saturated rings. The number of halogens is 7. The van der Waals surface area contributed by atoms with Crippen LogP contribution in [-0.2, 0) is 36.6 Å². The standard InChI is InChI=1S/C34H34ClF6N3O6/c1-48-33(47)44-32(31(19-2-4-22(35)5-3-19)20-10-23(36)13-24(37)11-20)29(45)12-21-14-42-16-28(38)27(21)7-6-26-15-43-25(17-49-26)18-50-30(46)8-9-34(39,40)41/h2-5,10-11,13-14,16,25-26,31-32,43H,6-9,12,15,17-18H2,1H3,(H,44,47)/t25-,26+,31-,32+/m0/s1. The number of ether oxygens (including phenoxy) is 3. The molecule has 1 aromatic heterocycles. The number of methoxy groups -OCH3 is 1. The molecular weight excluding hydrogens is 696 g/mol. The van der Waals surface area contributed by atoms with Gasteiger partial charge in [0.2, 0.25) is 0 Å². The zero-order valence-electron chi connectivity index (χ0n) is 26.7. The summed E-state index contributed by atoms with van der Waals surface area (Å²) in [6.07, 6.45) is -5.68. The Hall–Kier alpha value is -4.21. The molecule has 0 radical (unpaired) electrons. The van der Waals surface area contributed by atoms with E-state index in [1.165, 1.54) is 18.3 Å². The number of benzene rings is 2. The topological polar surface area (TPSA) is 116 Å². The molecule has 0 bridgehead atoms. The highest BCUT2D eigenvalue weighted by molar-refractivity contribution is 6.30. The summed E-state index contributed by atoms with van der Waals surface area (Å²) in [5, 5.41) is 5.92. The number of hydrogen-bond donors (Lipinski definition) is 2. The SMILES string of the molecule is COC(=O)N[C@H](C(=O)Cc1cncc(F)c1CC[C@@H]1CN[C@H](COC(=O)CCC(F)(F)F)CO1)[C@@H](c1ccc(Cl)cc1)c1cc(F)cc(F)c1. The first-order valence-corrected chi connectivity index (χ1v) is 15.9. The molecule has 1 saturated heterocycles. The third-order valence-corrected chi connectivity index (χ3v) is 8.26. The molecule has 9 nitrogen and oxygen atoms in total. The summed E-state index contributed by atoms with van der Waals surface area (Å²) in [6, 6.07) is 6.98. The molecule has 4 rings (SSSR count). The van der Waals surface area contributed by atoms with Gasteiger partial charge in [-0.25, -0.2) is 18.0 Å². The molecule has 0 aliphatic carbocycles. The van der Waals surface area contributed by atoms with Crippen LogP contribution in [0.2, 0.25) is 5.02 Å². The van der Waals surface area contributed by atoms with Crippen LogP contribution in [0.15, 0.2) is 54.9 Å². The second-order valence-corrected chi connectivity index (χ2v) is 12.1. The Bertz CT molecular complexity index is 1620. The van der Waals surface area contributed by atoms with Crippen LogP contribution >= 0.6 is 11.6 Å². The van der Waals surface area contributed by atoms with Crippen LogP contribution in [0.3, 0.4) is 0 Å². The minimum Gasteiger partial charge on any atom is -0.464 e. The molecule has 1 aliphatic rings. The Morgan fingerprint density at radius 2 is 1.76 bits per heavy atom. The molecular formula is C34H34ClF6N3O6. The number of nitrogens with one attached hydrogen (secondary N) is 2. The molecule has 270 valence electrons. The lowest BCUT2D eigenvalue weighted by Gasteiger charge is -2.30. The number of ketones is 1. The lowest BCUT2D eigenvalue weighted by molar-refractivity contribution is -0.158. The van der Waals surface area contributed by atoms with Crippen LogP contribution in [-0.4, -0.2) is 74.1 Å². The number of Topliss-reactive ketones (excluding diaryl/α,β-unsaturated/α-hetero) is 1. The first kappa shape index (κ1) is 38.6. The van der Waals surface area contributed by atoms with E-state index in [2.05, 4.69) is 15.6 Å². The third-order valence-electron chi connectivity index (χ3n) is 8.01. The Labute approximate surface area is 288 Å². The smallest absolute Gasteiger partial charge is 0.407 e.